The van der Waals surface area contributed by atoms with E-state index in [-0.39, 0.29) is 18.6 Å². The van der Waals surface area contributed by atoms with Crippen molar-refractivity contribution in [2.45, 2.75) is 16.6 Å². The third-order valence-electron chi connectivity index (χ3n) is 1.59. The standard InChI is InChI=1S/C10H11Cl3O6/c1-6(4-7(14)15)9(17)18-3-2-8(16)19-5-10(11,12)13/h1-5H2,(H,14,15). The lowest BCUT2D eigenvalue weighted by atomic mass is 10.2. The normalized spacial score (nSPS) is 10.7. The van der Waals surface area contributed by atoms with Gasteiger partial charge in [-0.25, -0.2) is 4.79 Å². The molecule has 0 heterocycles. The molecule has 0 aliphatic carbocycles. The summed E-state index contributed by atoms with van der Waals surface area (Å²) in [4.78, 5) is 32.6. The van der Waals surface area contributed by atoms with Crippen LogP contribution in [0.4, 0.5) is 0 Å². The minimum Gasteiger partial charge on any atom is -0.481 e. The molecule has 0 bridgehead atoms. The number of alkyl halides is 3. The van der Waals surface area contributed by atoms with E-state index in [0.29, 0.717) is 0 Å². The van der Waals surface area contributed by atoms with Gasteiger partial charge in [0.25, 0.3) is 0 Å². The summed E-state index contributed by atoms with van der Waals surface area (Å²) in [5.74, 6) is -2.82. The number of carbonyl (C=O) groups excluding carboxylic acids is 2. The average Bonchev–Trinajstić information content (AvgIpc) is 2.24. The van der Waals surface area contributed by atoms with Gasteiger partial charge in [-0.1, -0.05) is 41.4 Å². The molecule has 0 aromatic heterocycles. The molecule has 0 aliphatic rings. The number of carboxylic acids is 1. The molecule has 6 nitrogen and oxygen atoms in total. The first-order chi connectivity index (χ1) is 8.61. The number of hydrogen-bond donors (Lipinski definition) is 1. The van der Waals surface area contributed by atoms with Crippen molar-refractivity contribution in [1.29, 1.82) is 0 Å². The molecule has 0 aromatic carbocycles. The van der Waals surface area contributed by atoms with Crippen LogP contribution < -0.4 is 0 Å². The van der Waals surface area contributed by atoms with Gasteiger partial charge in [0, 0.05) is 5.57 Å². The van der Waals surface area contributed by atoms with Crippen LogP contribution in [0.3, 0.4) is 0 Å². The Morgan fingerprint density at radius 3 is 2.21 bits per heavy atom. The third-order valence-corrected chi connectivity index (χ3v) is 1.92. The van der Waals surface area contributed by atoms with Crippen molar-refractivity contribution in [1.82, 2.24) is 0 Å². The lowest BCUT2D eigenvalue weighted by Crippen LogP contribution is -2.19. The quantitative estimate of drug-likeness (QED) is 0.434. The number of carboxylic acid groups (broad SMARTS) is 1. The van der Waals surface area contributed by atoms with E-state index in [0.717, 1.165) is 0 Å². The van der Waals surface area contributed by atoms with Crippen molar-refractivity contribution in [2.75, 3.05) is 13.2 Å². The zero-order valence-electron chi connectivity index (χ0n) is 9.66. The summed E-state index contributed by atoms with van der Waals surface area (Å²) in [5.41, 5.74) is -0.220. The molecule has 0 rings (SSSR count). The number of halogens is 3. The van der Waals surface area contributed by atoms with Gasteiger partial charge in [0.15, 0.2) is 0 Å². The molecule has 0 spiro atoms. The SMILES string of the molecule is C=C(CC(=O)O)C(=O)OCCC(=O)OCC(Cl)(Cl)Cl. The molecular formula is C10H11Cl3O6. The highest BCUT2D eigenvalue weighted by Crippen LogP contribution is 2.25. The number of hydrogen-bond acceptors (Lipinski definition) is 5. The van der Waals surface area contributed by atoms with Gasteiger partial charge in [-0.2, -0.15) is 0 Å². The van der Waals surface area contributed by atoms with Crippen LogP contribution in [-0.4, -0.2) is 40.0 Å². The van der Waals surface area contributed by atoms with E-state index in [1.54, 1.807) is 0 Å². The van der Waals surface area contributed by atoms with Gasteiger partial charge < -0.3 is 14.6 Å². The fraction of sp³-hybridized carbons (Fsp3) is 0.500. The number of aliphatic carboxylic acids is 1. The summed E-state index contributed by atoms with van der Waals surface area (Å²) in [5, 5.41) is 8.41. The van der Waals surface area contributed by atoms with Crippen molar-refractivity contribution < 1.29 is 29.0 Å². The van der Waals surface area contributed by atoms with Crippen molar-refractivity contribution in [3.63, 3.8) is 0 Å². The highest BCUT2D eigenvalue weighted by molar-refractivity contribution is 6.67. The zero-order chi connectivity index (χ0) is 15.1. The van der Waals surface area contributed by atoms with Crippen LogP contribution in [0.25, 0.3) is 0 Å². The summed E-state index contributed by atoms with van der Waals surface area (Å²) in [6, 6.07) is 0. The molecule has 0 fully saturated rings. The summed E-state index contributed by atoms with van der Waals surface area (Å²) in [7, 11) is 0. The Labute approximate surface area is 124 Å². The average molecular weight is 334 g/mol. The summed E-state index contributed by atoms with van der Waals surface area (Å²) < 4.78 is 7.47. The van der Waals surface area contributed by atoms with Gasteiger partial charge in [-0.15, -0.1) is 0 Å². The maximum Gasteiger partial charge on any atom is 0.334 e. The minimum absolute atomic E-state index is 0.220. The van der Waals surface area contributed by atoms with E-state index in [9.17, 15) is 14.4 Å². The first-order valence-corrected chi connectivity index (χ1v) is 6.04. The van der Waals surface area contributed by atoms with Gasteiger partial charge in [0.05, 0.1) is 12.8 Å². The molecule has 9 heteroatoms. The van der Waals surface area contributed by atoms with Crippen LogP contribution in [0.1, 0.15) is 12.8 Å². The fourth-order valence-corrected chi connectivity index (χ4v) is 0.982. The van der Waals surface area contributed by atoms with Crippen LogP contribution >= 0.6 is 34.8 Å². The zero-order valence-corrected chi connectivity index (χ0v) is 11.9. The number of rotatable bonds is 7. The Hall–Kier alpha value is -0.980. The topological polar surface area (TPSA) is 89.9 Å². The van der Waals surface area contributed by atoms with Crippen LogP contribution in [0.15, 0.2) is 12.2 Å². The van der Waals surface area contributed by atoms with E-state index in [1.807, 2.05) is 0 Å². The summed E-state index contributed by atoms with van der Waals surface area (Å²) in [6.07, 6.45) is -0.774. The Bertz CT molecular complexity index is 374. The second kappa shape index (κ2) is 8.24. The predicted octanol–water partition coefficient (Wildman–Crippen LogP) is 1.86. The first-order valence-electron chi connectivity index (χ1n) is 4.91. The molecule has 0 atom stereocenters. The Kier molecular flexibility index (Phi) is 7.82. The van der Waals surface area contributed by atoms with Crippen LogP contribution in [0, 0.1) is 0 Å². The smallest absolute Gasteiger partial charge is 0.334 e. The van der Waals surface area contributed by atoms with E-state index >= 15 is 0 Å². The first kappa shape index (κ1) is 18.0. The number of carbonyl (C=O) groups is 3. The highest BCUT2D eigenvalue weighted by Gasteiger charge is 2.22. The molecule has 19 heavy (non-hydrogen) atoms. The van der Waals surface area contributed by atoms with Crippen molar-refractivity contribution in [2.24, 2.45) is 0 Å². The van der Waals surface area contributed by atoms with E-state index in [4.69, 9.17) is 39.9 Å². The highest BCUT2D eigenvalue weighted by atomic mass is 35.6. The second-order valence-electron chi connectivity index (χ2n) is 3.34. The van der Waals surface area contributed by atoms with Gasteiger partial charge in [-0.3, -0.25) is 9.59 Å². The number of ether oxygens (including phenoxy) is 2. The molecule has 0 amide bonds. The third kappa shape index (κ3) is 10.6. The van der Waals surface area contributed by atoms with Gasteiger partial charge in [0.2, 0.25) is 3.79 Å². The van der Waals surface area contributed by atoms with Gasteiger partial charge in [-0.05, 0) is 0 Å². The van der Waals surface area contributed by atoms with E-state index < -0.39 is 34.7 Å². The molecule has 0 saturated carbocycles. The molecule has 108 valence electrons. The van der Waals surface area contributed by atoms with Crippen molar-refractivity contribution in [3.8, 4) is 0 Å². The van der Waals surface area contributed by atoms with Crippen LogP contribution in [0.2, 0.25) is 0 Å². The monoisotopic (exact) mass is 332 g/mol. The maximum absolute atomic E-state index is 11.2. The molecular weight excluding hydrogens is 322 g/mol. The lowest BCUT2D eigenvalue weighted by Gasteiger charge is -2.11. The molecule has 1 N–H and O–H groups in total. The number of esters is 2. The predicted molar refractivity (Wildman–Crippen MR) is 68.2 cm³/mol. The van der Waals surface area contributed by atoms with E-state index in [1.165, 1.54) is 0 Å². The van der Waals surface area contributed by atoms with Gasteiger partial charge in [0.1, 0.15) is 13.2 Å². The van der Waals surface area contributed by atoms with Gasteiger partial charge >= 0.3 is 17.9 Å². The Balaban J connectivity index is 3.85. The molecule has 0 saturated heterocycles. The molecule has 0 aromatic rings. The fourth-order valence-electron chi connectivity index (χ4n) is 0.818. The Morgan fingerprint density at radius 2 is 1.74 bits per heavy atom. The van der Waals surface area contributed by atoms with Crippen LogP contribution in [0.5, 0.6) is 0 Å². The Morgan fingerprint density at radius 1 is 1.16 bits per heavy atom. The van der Waals surface area contributed by atoms with Crippen molar-refractivity contribution in [3.05, 3.63) is 12.2 Å². The second-order valence-corrected chi connectivity index (χ2v) is 5.85. The lowest BCUT2D eigenvalue weighted by molar-refractivity contribution is -0.148. The maximum atomic E-state index is 11.2. The summed E-state index contributed by atoms with van der Waals surface area (Å²) >= 11 is 16.1. The minimum atomic E-state index is -1.71. The largest absolute Gasteiger partial charge is 0.481 e. The van der Waals surface area contributed by atoms with Crippen molar-refractivity contribution >= 4 is 52.7 Å². The molecule has 0 unspecified atom stereocenters. The molecule has 0 aliphatic heterocycles. The summed E-state index contributed by atoms with van der Waals surface area (Å²) in [6.45, 7) is 2.54. The van der Waals surface area contributed by atoms with Crippen LogP contribution in [-0.2, 0) is 23.9 Å². The molecule has 0 radical (unpaired) electrons. The van der Waals surface area contributed by atoms with E-state index in [2.05, 4.69) is 16.1 Å².